The van der Waals surface area contributed by atoms with Crippen molar-refractivity contribution in [3.05, 3.63) is 0 Å². The van der Waals surface area contributed by atoms with E-state index in [1.807, 2.05) is 0 Å². The van der Waals surface area contributed by atoms with Crippen LogP contribution in [0.2, 0.25) is 0 Å². The predicted octanol–water partition coefficient (Wildman–Crippen LogP) is 4.81. The SMILES string of the molecule is CC[C@H]1C(O)C2C3CCC([C@H](C)CC(C(=O)OC)C(=O)OC)[C@@]3(C)CCC2[C@@]2(C)CCC(=O)CC12. The van der Waals surface area contributed by atoms with Gasteiger partial charge in [0.05, 0.1) is 20.3 Å². The molecule has 10 atom stereocenters. The van der Waals surface area contributed by atoms with Gasteiger partial charge in [-0.15, -0.1) is 0 Å². The van der Waals surface area contributed by atoms with E-state index in [1.165, 1.54) is 14.2 Å². The molecule has 0 aromatic heterocycles. The molecule has 6 unspecified atom stereocenters. The lowest BCUT2D eigenvalue weighted by atomic mass is 9.41. The van der Waals surface area contributed by atoms with Crippen LogP contribution in [0.25, 0.3) is 0 Å². The van der Waals surface area contributed by atoms with Gasteiger partial charge in [0.25, 0.3) is 0 Å². The Morgan fingerprint density at radius 3 is 2.23 bits per heavy atom. The lowest BCUT2D eigenvalue weighted by molar-refractivity contribution is -0.194. The monoisotopic (exact) mass is 490 g/mol. The van der Waals surface area contributed by atoms with E-state index in [2.05, 4.69) is 27.7 Å². The topological polar surface area (TPSA) is 89.9 Å². The van der Waals surface area contributed by atoms with E-state index in [0.717, 1.165) is 38.5 Å². The quantitative estimate of drug-likeness (QED) is 0.424. The molecule has 0 aromatic carbocycles. The summed E-state index contributed by atoms with van der Waals surface area (Å²) < 4.78 is 9.82. The molecule has 4 aliphatic carbocycles. The van der Waals surface area contributed by atoms with Crippen LogP contribution in [0.4, 0.5) is 0 Å². The average molecular weight is 491 g/mol. The van der Waals surface area contributed by atoms with Gasteiger partial charge in [0.2, 0.25) is 0 Å². The number of aliphatic hydroxyl groups excluding tert-OH is 1. The average Bonchev–Trinajstić information content (AvgIpc) is 3.20. The first-order valence-corrected chi connectivity index (χ1v) is 13.9. The number of aliphatic hydroxyl groups is 1. The van der Waals surface area contributed by atoms with Gasteiger partial charge >= 0.3 is 11.9 Å². The molecule has 198 valence electrons. The van der Waals surface area contributed by atoms with Crippen LogP contribution in [0, 0.1) is 58.2 Å². The Bertz CT molecular complexity index is 823. The molecular weight excluding hydrogens is 444 g/mol. The molecule has 0 saturated heterocycles. The number of rotatable bonds is 6. The Kier molecular flexibility index (Phi) is 7.45. The van der Waals surface area contributed by atoms with Crippen molar-refractivity contribution in [1.82, 2.24) is 0 Å². The van der Waals surface area contributed by atoms with Crippen LogP contribution in [0.3, 0.4) is 0 Å². The number of hydrogen-bond acceptors (Lipinski definition) is 6. The molecule has 0 spiro atoms. The molecule has 4 saturated carbocycles. The fourth-order valence-electron chi connectivity index (χ4n) is 9.85. The lowest BCUT2D eigenvalue weighted by Crippen LogP contribution is -2.62. The minimum absolute atomic E-state index is 0.0737. The van der Waals surface area contributed by atoms with Crippen LogP contribution in [0.1, 0.15) is 85.5 Å². The third-order valence-corrected chi connectivity index (χ3v) is 11.6. The minimum atomic E-state index is -0.886. The maximum absolute atomic E-state index is 12.4. The molecule has 4 aliphatic rings. The summed E-state index contributed by atoms with van der Waals surface area (Å²) in [5.74, 6) is 0.644. The van der Waals surface area contributed by atoms with Crippen molar-refractivity contribution in [2.45, 2.75) is 91.6 Å². The van der Waals surface area contributed by atoms with Crippen molar-refractivity contribution < 1.29 is 29.0 Å². The Hall–Kier alpha value is -1.43. The van der Waals surface area contributed by atoms with Gasteiger partial charge < -0.3 is 14.6 Å². The Labute approximate surface area is 210 Å². The number of methoxy groups -OCH3 is 2. The molecular formula is C29H46O6. The molecule has 4 rings (SSSR count). The summed E-state index contributed by atoms with van der Waals surface area (Å²) >= 11 is 0. The van der Waals surface area contributed by atoms with Crippen LogP contribution < -0.4 is 0 Å². The fourth-order valence-corrected chi connectivity index (χ4v) is 9.85. The minimum Gasteiger partial charge on any atom is -0.468 e. The highest BCUT2D eigenvalue weighted by Gasteiger charge is 2.65. The van der Waals surface area contributed by atoms with Gasteiger partial charge in [-0.3, -0.25) is 14.4 Å². The molecule has 0 aliphatic heterocycles. The zero-order valence-corrected chi connectivity index (χ0v) is 22.5. The first-order valence-electron chi connectivity index (χ1n) is 13.9. The zero-order valence-electron chi connectivity index (χ0n) is 22.5. The molecule has 0 amide bonds. The second-order valence-electron chi connectivity index (χ2n) is 12.7. The van der Waals surface area contributed by atoms with E-state index in [4.69, 9.17) is 9.47 Å². The van der Waals surface area contributed by atoms with Gasteiger partial charge in [0, 0.05) is 12.8 Å². The van der Waals surface area contributed by atoms with Crippen molar-refractivity contribution in [3.63, 3.8) is 0 Å². The third-order valence-electron chi connectivity index (χ3n) is 11.6. The van der Waals surface area contributed by atoms with Gasteiger partial charge in [0.15, 0.2) is 5.92 Å². The maximum Gasteiger partial charge on any atom is 0.320 e. The standard InChI is InChI=1S/C29H46O6/c1-7-18-23-15-17(30)10-12-29(23,4)22-11-13-28(3)20(8-9-21(28)24(22)25(18)31)16(2)14-19(26(32)34-5)27(33)35-6/h16,18-25,31H,7-15H2,1-6H3/t16-,18-,20?,21?,22?,23?,24?,25?,28-,29-/m1/s1. The van der Waals surface area contributed by atoms with Crippen LogP contribution in [0.5, 0.6) is 0 Å². The van der Waals surface area contributed by atoms with Crippen LogP contribution >= 0.6 is 0 Å². The van der Waals surface area contributed by atoms with E-state index in [9.17, 15) is 19.5 Å². The zero-order chi connectivity index (χ0) is 25.7. The van der Waals surface area contributed by atoms with Crippen LogP contribution in [-0.2, 0) is 23.9 Å². The number of Topliss-reactive ketones (excluding diaryl/α,β-unsaturated/α-hetero) is 1. The molecule has 1 N–H and O–H groups in total. The summed E-state index contributed by atoms with van der Waals surface area (Å²) in [6.07, 6.45) is 7.62. The fraction of sp³-hybridized carbons (Fsp3) is 0.897. The molecule has 0 heterocycles. The van der Waals surface area contributed by atoms with E-state index >= 15 is 0 Å². The van der Waals surface area contributed by atoms with Gasteiger partial charge in [0.1, 0.15) is 5.78 Å². The second kappa shape index (κ2) is 9.79. The Balaban J connectivity index is 1.60. The van der Waals surface area contributed by atoms with E-state index < -0.39 is 17.9 Å². The van der Waals surface area contributed by atoms with Crippen molar-refractivity contribution >= 4 is 17.7 Å². The predicted molar refractivity (Wildman–Crippen MR) is 132 cm³/mol. The largest absolute Gasteiger partial charge is 0.468 e. The Morgan fingerprint density at radius 2 is 1.63 bits per heavy atom. The highest BCUT2D eigenvalue weighted by molar-refractivity contribution is 5.94. The smallest absolute Gasteiger partial charge is 0.320 e. The normalized spacial score (nSPS) is 43.7. The van der Waals surface area contributed by atoms with E-state index in [1.54, 1.807) is 0 Å². The van der Waals surface area contributed by atoms with E-state index in [-0.39, 0.29) is 34.7 Å². The van der Waals surface area contributed by atoms with Gasteiger partial charge in [-0.1, -0.05) is 34.1 Å². The van der Waals surface area contributed by atoms with Crippen molar-refractivity contribution in [2.75, 3.05) is 14.2 Å². The summed E-state index contributed by atoms with van der Waals surface area (Å²) in [5, 5.41) is 11.8. The number of fused-ring (bicyclic) bond motifs is 5. The number of hydrogen-bond donors (Lipinski definition) is 1. The van der Waals surface area contributed by atoms with Gasteiger partial charge in [-0.25, -0.2) is 0 Å². The Morgan fingerprint density at radius 1 is 1.00 bits per heavy atom. The van der Waals surface area contributed by atoms with Crippen LogP contribution in [-0.4, -0.2) is 43.2 Å². The number of ether oxygens (including phenoxy) is 2. The first-order chi connectivity index (χ1) is 16.5. The number of carbonyl (C=O) groups excluding carboxylic acids is 3. The van der Waals surface area contributed by atoms with Crippen molar-refractivity contribution in [3.8, 4) is 0 Å². The summed E-state index contributed by atoms with van der Waals surface area (Å²) in [6.45, 7) is 9.17. The van der Waals surface area contributed by atoms with Crippen LogP contribution in [0.15, 0.2) is 0 Å². The number of ketones is 1. The molecule has 0 radical (unpaired) electrons. The summed E-state index contributed by atoms with van der Waals surface area (Å²) in [7, 11) is 2.64. The highest BCUT2D eigenvalue weighted by Crippen LogP contribution is 2.69. The summed E-state index contributed by atoms with van der Waals surface area (Å²) in [5.41, 5.74) is 0.203. The molecule has 0 bridgehead atoms. The van der Waals surface area contributed by atoms with Crippen molar-refractivity contribution in [2.24, 2.45) is 58.2 Å². The van der Waals surface area contributed by atoms with E-state index in [0.29, 0.717) is 48.7 Å². The third kappa shape index (κ3) is 4.16. The summed E-state index contributed by atoms with van der Waals surface area (Å²) in [4.78, 5) is 37.1. The molecule has 4 fully saturated rings. The van der Waals surface area contributed by atoms with Gasteiger partial charge in [-0.05, 0) is 90.8 Å². The summed E-state index contributed by atoms with van der Waals surface area (Å²) in [6, 6.07) is 0. The molecule has 6 heteroatoms. The molecule has 35 heavy (non-hydrogen) atoms. The molecule has 6 nitrogen and oxygen atoms in total. The maximum atomic E-state index is 12.4. The van der Waals surface area contributed by atoms with Crippen molar-refractivity contribution in [1.29, 1.82) is 0 Å². The highest BCUT2D eigenvalue weighted by atomic mass is 16.5. The number of esters is 2. The number of carbonyl (C=O) groups is 3. The molecule has 0 aromatic rings. The first kappa shape index (κ1) is 26.6. The lowest BCUT2D eigenvalue weighted by Gasteiger charge is -2.64. The van der Waals surface area contributed by atoms with Gasteiger partial charge in [-0.2, -0.15) is 0 Å². The second-order valence-corrected chi connectivity index (χ2v) is 12.7.